The van der Waals surface area contributed by atoms with Gasteiger partial charge in [0.05, 0.1) is 19.6 Å². The van der Waals surface area contributed by atoms with Crippen molar-refractivity contribution in [3.63, 3.8) is 0 Å². The van der Waals surface area contributed by atoms with Crippen molar-refractivity contribution in [2.75, 3.05) is 40.4 Å². The van der Waals surface area contributed by atoms with Gasteiger partial charge >= 0.3 is 0 Å². The highest BCUT2D eigenvalue weighted by Gasteiger charge is 2.48. The number of carbonyl (C=O) groups excluding carboxylic acids is 1. The minimum Gasteiger partial charge on any atom is -0.493 e. The first-order chi connectivity index (χ1) is 14.6. The molecule has 0 bridgehead atoms. The summed E-state index contributed by atoms with van der Waals surface area (Å²) >= 11 is 0. The van der Waals surface area contributed by atoms with Crippen LogP contribution in [0.2, 0.25) is 0 Å². The van der Waals surface area contributed by atoms with Crippen LogP contribution in [0.5, 0.6) is 11.5 Å². The summed E-state index contributed by atoms with van der Waals surface area (Å²) in [7, 11) is 3.29. The van der Waals surface area contributed by atoms with Crippen LogP contribution in [0.1, 0.15) is 30.5 Å². The van der Waals surface area contributed by atoms with E-state index in [1.165, 1.54) is 0 Å². The van der Waals surface area contributed by atoms with E-state index in [2.05, 4.69) is 16.0 Å². The van der Waals surface area contributed by atoms with Crippen LogP contribution in [0.15, 0.2) is 42.6 Å². The SMILES string of the molecule is COc1cccc(CN2CCC[C@@]3(CCN(CCc4ccccn4)C3)C2=O)c1OC. The Morgan fingerprint density at radius 3 is 2.73 bits per heavy atom. The molecule has 4 rings (SSSR count). The second kappa shape index (κ2) is 9.04. The van der Waals surface area contributed by atoms with E-state index >= 15 is 0 Å². The van der Waals surface area contributed by atoms with E-state index < -0.39 is 0 Å². The predicted octanol–water partition coefficient (Wildman–Crippen LogP) is 3.16. The van der Waals surface area contributed by atoms with Gasteiger partial charge in [-0.05, 0) is 44.0 Å². The van der Waals surface area contributed by atoms with Crippen LogP contribution in [0, 0.1) is 5.41 Å². The molecule has 0 saturated carbocycles. The third-order valence-corrected chi connectivity index (χ3v) is 6.51. The van der Waals surface area contributed by atoms with E-state index in [1.807, 2.05) is 41.4 Å². The number of para-hydroxylation sites is 1. The van der Waals surface area contributed by atoms with E-state index in [-0.39, 0.29) is 5.41 Å². The fraction of sp³-hybridized carbons (Fsp3) is 0.500. The molecule has 30 heavy (non-hydrogen) atoms. The summed E-state index contributed by atoms with van der Waals surface area (Å²) in [4.78, 5) is 22.4. The summed E-state index contributed by atoms with van der Waals surface area (Å²) in [6, 6.07) is 11.9. The van der Waals surface area contributed by atoms with Gasteiger partial charge in [0.1, 0.15) is 0 Å². The Morgan fingerprint density at radius 1 is 1.07 bits per heavy atom. The lowest BCUT2D eigenvalue weighted by Gasteiger charge is -2.39. The molecule has 1 amide bonds. The molecule has 160 valence electrons. The number of methoxy groups -OCH3 is 2. The lowest BCUT2D eigenvalue weighted by atomic mass is 9.78. The number of nitrogens with zero attached hydrogens (tertiary/aromatic N) is 3. The molecular weight excluding hydrogens is 378 g/mol. The van der Waals surface area contributed by atoms with E-state index in [4.69, 9.17) is 9.47 Å². The summed E-state index contributed by atoms with van der Waals surface area (Å²) in [5, 5.41) is 0. The number of likely N-dealkylation sites (tertiary alicyclic amines) is 2. The van der Waals surface area contributed by atoms with Gasteiger partial charge in [-0.2, -0.15) is 0 Å². The molecule has 1 aromatic carbocycles. The van der Waals surface area contributed by atoms with E-state index in [9.17, 15) is 4.79 Å². The molecule has 1 spiro atoms. The van der Waals surface area contributed by atoms with Gasteiger partial charge in [0.15, 0.2) is 11.5 Å². The second-order valence-electron chi connectivity index (χ2n) is 8.36. The molecule has 2 saturated heterocycles. The molecule has 1 atom stereocenters. The maximum Gasteiger partial charge on any atom is 0.230 e. The normalized spacial score (nSPS) is 21.9. The molecule has 6 heteroatoms. The third-order valence-electron chi connectivity index (χ3n) is 6.51. The van der Waals surface area contributed by atoms with Crippen molar-refractivity contribution in [3.05, 3.63) is 53.9 Å². The van der Waals surface area contributed by atoms with Crippen LogP contribution in [-0.4, -0.2) is 61.1 Å². The van der Waals surface area contributed by atoms with E-state index in [0.717, 1.165) is 68.9 Å². The van der Waals surface area contributed by atoms with Crippen molar-refractivity contribution < 1.29 is 14.3 Å². The molecule has 1 aromatic heterocycles. The lowest BCUT2D eigenvalue weighted by molar-refractivity contribution is -0.146. The number of hydrogen-bond acceptors (Lipinski definition) is 5. The Labute approximate surface area is 178 Å². The Balaban J connectivity index is 1.42. The molecule has 2 aliphatic rings. The summed E-state index contributed by atoms with van der Waals surface area (Å²) in [5.41, 5.74) is 1.86. The number of pyridine rings is 1. The Kier molecular flexibility index (Phi) is 6.23. The Bertz CT molecular complexity index is 873. The number of carbonyl (C=O) groups is 1. The highest BCUT2D eigenvalue weighted by molar-refractivity contribution is 5.84. The van der Waals surface area contributed by atoms with Crippen molar-refractivity contribution in [1.29, 1.82) is 0 Å². The number of amides is 1. The molecule has 2 aliphatic heterocycles. The topological polar surface area (TPSA) is 54.9 Å². The molecule has 0 unspecified atom stereocenters. The van der Waals surface area contributed by atoms with Crippen LogP contribution in [-0.2, 0) is 17.8 Å². The maximum atomic E-state index is 13.5. The average molecular weight is 410 g/mol. The first kappa shape index (κ1) is 20.7. The zero-order valence-corrected chi connectivity index (χ0v) is 18.0. The lowest BCUT2D eigenvalue weighted by Crippen LogP contribution is -2.49. The van der Waals surface area contributed by atoms with Crippen LogP contribution in [0.25, 0.3) is 0 Å². The molecule has 2 aromatic rings. The van der Waals surface area contributed by atoms with Gasteiger partial charge in [0, 0.05) is 50.1 Å². The van der Waals surface area contributed by atoms with Crippen molar-refractivity contribution in [1.82, 2.24) is 14.8 Å². The van der Waals surface area contributed by atoms with Crippen molar-refractivity contribution >= 4 is 5.91 Å². The second-order valence-corrected chi connectivity index (χ2v) is 8.36. The first-order valence-corrected chi connectivity index (χ1v) is 10.8. The average Bonchev–Trinajstić information content (AvgIpc) is 3.20. The van der Waals surface area contributed by atoms with Crippen molar-refractivity contribution in [2.45, 2.75) is 32.2 Å². The number of ether oxygens (including phenoxy) is 2. The summed E-state index contributed by atoms with van der Waals surface area (Å²) < 4.78 is 11.0. The third kappa shape index (κ3) is 4.15. The standard InChI is InChI=1S/C24H31N3O3/c1-29-21-9-5-7-19(22(21)30-2)17-27-14-6-11-24(23(27)28)12-16-26(18-24)15-10-20-8-3-4-13-25-20/h3-5,7-9,13H,6,10-12,14-18H2,1-2H3/t24-/m0/s1. The monoisotopic (exact) mass is 409 g/mol. The molecule has 6 nitrogen and oxygen atoms in total. The fourth-order valence-corrected chi connectivity index (χ4v) is 4.93. The van der Waals surface area contributed by atoms with Gasteiger partial charge in [-0.1, -0.05) is 18.2 Å². The largest absolute Gasteiger partial charge is 0.493 e. The van der Waals surface area contributed by atoms with Gasteiger partial charge in [-0.3, -0.25) is 9.78 Å². The Morgan fingerprint density at radius 2 is 1.97 bits per heavy atom. The summed E-state index contributed by atoms with van der Waals surface area (Å²) in [6.45, 7) is 4.15. The number of aromatic nitrogens is 1. The highest BCUT2D eigenvalue weighted by atomic mass is 16.5. The molecule has 2 fully saturated rings. The fourth-order valence-electron chi connectivity index (χ4n) is 4.93. The van der Waals surface area contributed by atoms with Gasteiger partial charge in [0.2, 0.25) is 5.91 Å². The summed E-state index contributed by atoms with van der Waals surface area (Å²) in [6.07, 6.45) is 5.75. The maximum absolute atomic E-state index is 13.5. The number of rotatable bonds is 7. The molecule has 0 radical (unpaired) electrons. The predicted molar refractivity (Wildman–Crippen MR) is 116 cm³/mol. The zero-order valence-electron chi connectivity index (χ0n) is 18.0. The zero-order chi connectivity index (χ0) is 21.0. The minimum absolute atomic E-state index is 0.242. The van der Waals surface area contributed by atoms with Gasteiger partial charge in [-0.15, -0.1) is 0 Å². The van der Waals surface area contributed by atoms with Crippen LogP contribution >= 0.6 is 0 Å². The van der Waals surface area contributed by atoms with Gasteiger partial charge in [-0.25, -0.2) is 0 Å². The summed E-state index contributed by atoms with van der Waals surface area (Å²) in [5.74, 6) is 1.71. The van der Waals surface area contributed by atoms with Crippen molar-refractivity contribution in [2.24, 2.45) is 5.41 Å². The van der Waals surface area contributed by atoms with E-state index in [0.29, 0.717) is 18.2 Å². The minimum atomic E-state index is -0.242. The van der Waals surface area contributed by atoms with Crippen LogP contribution in [0.4, 0.5) is 0 Å². The smallest absolute Gasteiger partial charge is 0.230 e. The molecule has 3 heterocycles. The number of hydrogen-bond donors (Lipinski definition) is 0. The van der Waals surface area contributed by atoms with Crippen molar-refractivity contribution in [3.8, 4) is 11.5 Å². The highest BCUT2D eigenvalue weighted by Crippen LogP contribution is 2.41. The molecule has 0 N–H and O–H groups in total. The Hall–Kier alpha value is -2.60. The number of benzene rings is 1. The first-order valence-electron chi connectivity index (χ1n) is 10.8. The number of piperidine rings is 1. The quantitative estimate of drug-likeness (QED) is 0.703. The molecular formula is C24H31N3O3. The van der Waals surface area contributed by atoms with E-state index in [1.54, 1.807) is 14.2 Å². The molecule has 0 aliphatic carbocycles. The van der Waals surface area contributed by atoms with Crippen LogP contribution < -0.4 is 9.47 Å². The van der Waals surface area contributed by atoms with Gasteiger partial charge < -0.3 is 19.3 Å². The van der Waals surface area contributed by atoms with Gasteiger partial charge in [0.25, 0.3) is 0 Å². The van der Waals surface area contributed by atoms with Crippen LogP contribution in [0.3, 0.4) is 0 Å².